The zero-order valence-corrected chi connectivity index (χ0v) is 14.2. The van der Waals surface area contributed by atoms with Crippen LogP contribution in [-0.4, -0.2) is 0 Å². The van der Waals surface area contributed by atoms with Gasteiger partial charge in [-0.25, -0.2) is 0 Å². The van der Waals surface area contributed by atoms with Crippen LogP contribution in [0.1, 0.15) is 35.3 Å². The number of fused-ring (bicyclic) bond motifs is 1. The standard InChI is InChI=1S/C16H15Br2NO/c1-9-6-10(2-4-13(9)18)16-8-14(19)12-7-11(17)3-5-15(12)20-16/h2-7,14,16H,8,19H2,1H3/t14-,16?/m0/s1. The van der Waals surface area contributed by atoms with Crippen molar-refractivity contribution in [1.29, 1.82) is 0 Å². The molecule has 0 saturated carbocycles. The fourth-order valence-corrected chi connectivity index (χ4v) is 3.17. The highest BCUT2D eigenvalue weighted by molar-refractivity contribution is 9.10. The molecule has 4 heteroatoms. The van der Waals surface area contributed by atoms with Crippen LogP contribution in [-0.2, 0) is 0 Å². The molecule has 0 saturated heterocycles. The highest BCUT2D eigenvalue weighted by Gasteiger charge is 2.27. The van der Waals surface area contributed by atoms with Gasteiger partial charge in [-0.1, -0.05) is 44.0 Å². The molecule has 1 aliphatic heterocycles. The average Bonchev–Trinajstić information content (AvgIpc) is 2.42. The smallest absolute Gasteiger partial charge is 0.126 e. The van der Waals surface area contributed by atoms with Gasteiger partial charge in [-0.15, -0.1) is 0 Å². The number of nitrogens with two attached hydrogens (primary N) is 1. The number of ether oxygens (including phenoxy) is 1. The van der Waals surface area contributed by atoms with Crippen LogP contribution < -0.4 is 10.5 Å². The third-order valence-electron chi connectivity index (χ3n) is 3.66. The summed E-state index contributed by atoms with van der Waals surface area (Å²) in [4.78, 5) is 0. The van der Waals surface area contributed by atoms with Gasteiger partial charge in [-0.3, -0.25) is 0 Å². The Bertz CT molecular complexity index is 657. The normalized spacial score (nSPS) is 21.2. The van der Waals surface area contributed by atoms with E-state index in [2.05, 4.69) is 57.0 Å². The van der Waals surface area contributed by atoms with Gasteiger partial charge >= 0.3 is 0 Å². The number of halogens is 2. The number of hydrogen-bond acceptors (Lipinski definition) is 2. The van der Waals surface area contributed by atoms with Crippen LogP contribution in [0.2, 0.25) is 0 Å². The van der Waals surface area contributed by atoms with Crippen molar-refractivity contribution in [3.05, 3.63) is 62.0 Å². The van der Waals surface area contributed by atoms with Crippen molar-refractivity contribution in [2.45, 2.75) is 25.5 Å². The molecular weight excluding hydrogens is 382 g/mol. The van der Waals surface area contributed by atoms with Crippen LogP contribution in [0.25, 0.3) is 0 Å². The molecule has 0 amide bonds. The maximum atomic E-state index is 6.30. The van der Waals surface area contributed by atoms with Crippen molar-refractivity contribution < 1.29 is 4.74 Å². The molecule has 0 bridgehead atoms. The largest absolute Gasteiger partial charge is 0.485 e. The third-order valence-corrected chi connectivity index (χ3v) is 5.05. The topological polar surface area (TPSA) is 35.2 Å². The van der Waals surface area contributed by atoms with Gasteiger partial charge in [-0.05, 0) is 42.3 Å². The first-order chi connectivity index (χ1) is 9.54. The second-order valence-corrected chi connectivity index (χ2v) is 6.91. The van der Waals surface area contributed by atoms with E-state index in [0.717, 1.165) is 26.7 Å². The molecule has 0 aliphatic carbocycles. The van der Waals surface area contributed by atoms with Crippen LogP contribution in [0.3, 0.4) is 0 Å². The molecule has 104 valence electrons. The first kappa shape index (κ1) is 14.1. The summed E-state index contributed by atoms with van der Waals surface area (Å²) in [6.07, 6.45) is 0.815. The summed E-state index contributed by atoms with van der Waals surface area (Å²) in [5, 5.41) is 0. The molecule has 2 atom stereocenters. The lowest BCUT2D eigenvalue weighted by Crippen LogP contribution is -2.24. The van der Waals surface area contributed by atoms with E-state index in [4.69, 9.17) is 10.5 Å². The Balaban J connectivity index is 1.94. The molecule has 2 N–H and O–H groups in total. The van der Waals surface area contributed by atoms with E-state index in [1.54, 1.807) is 0 Å². The van der Waals surface area contributed by atoms with Crippen LogP contribution in [0.4, 0.5) is 0 Å². The molecule has 2 nitrogen and oxygen atoms in total. The lowest BCUT2D eigenvalue weighted by Gasteiger charge is -2.31. The van der Waals surface area contributed by atoms with Crippen molar-refractivity contribution in [1.82, 2.24) is 0 Å². The van der Waals surface area contributed by atoms with Gasteiger partial charge in [-0.2, -0.15) is 0 Å². The summed E-state index contributed by atoms with van der Waals surface area (Å²) in [6, 6.07) is 12.3. The fourth-order valence-electron chi connectivity index (χ4n) is 2.55. The predicted octanol–water partition coefficient (Wildman–Crippen LogP) is 5.04. The van der Waals surface area contributed by atoms with Gasteiger partial charge in [0.1, 0.15) is 11.9 Å². The van der Waals surface area contributed by atoms with Crippen LogP contribution in [0, 0.1) is 6.92 Å². The van der Waals surface area contributed by atoms with Crippen molar-refractivity contribution in [3.8, 4) is 5.75 Å². The minimum atomic E-state index is 0.00482. The van der Waals surface area contributed by atoms with Crippen molar-refractivity contribution >= 4 is 31.9 Å². The summed E-state index contributed by atoms with van der Waals surface area (Å²) in [6.45, 7) is 2.08. The Labute approximate surface area is 135 Å². The Morgan fingerprint density at radius 2 is 1.95 bits per heavy atom. The molecule has 3 rings (SSSR count). The lowest BCUT2D eigenvalue weighted by molar-refractivity contribution is 0.161. The molecule has 1 aliphatic rings. The van der Waals surface area contributed by atoms with Gasteiger partial charge in [0, 0.05) is 27.0 Å². The molecule has 2 aromatic rings. The summed E-state index contributed by atoms with van der Waals surface area (Å²) in [7, 11) is 0. The molecule has 20 heavy (non-hydrogen) atoms. The van der Waals surface area contributed by atoms with Crippen molar-refractivity contribution in [2.24, 2.45) is 5.73 Å². The maximum Gasteiger partial charge on any atom is 0.126 e. The Hall–Kier alpha value is -0.840. The van der Waals surface area contributed by atoms with Gasteiger partial charge in [0.2, 0.25) is 0 Å². The number of rotatable bonds is 1. The Kier molecular flexibility index (Phi) is 3.89. The van der Waals surface area contributed by atoms with Gasteiger partial charge in [0.25, 0.3) is 0 Å². The first-order valence-corrected chi connectivity index (χ1v) is 8.11. The Morgan fingerprint density at radius 1 is 1.15 bits per heavy atom. The molecule has 0 radical (unpaired) electrons. The van der Waals surface area contributed by atoms with E-state index in [1.165, 1.54) is 11.1 Å². The van der Waals surface area contributed by atoms with E-state index >= 15 is 0 Å². The minimum absolute atomic E-state index is 0.00482. The van der Waals surface area contributed by atoms with Crippen molar-refractivity contribution in [3.63, 3.8) is 0 Å². The molecular formula is C16H15Br2NO. The zero-order valence-electron chi connectivity index (χ0n) is 11.1. The second kappa shape index (κ2) is 5.51. The SMILES string of the molecule is Cc1cc(C2C[C@H](N)c3cc(Br)ccc3O2)ccc1Br. The Morgan fingerprint density at radius 3 is 2.70 bits per heavy atom. The van der Waals surface area contributed by atoms with E-state index in [1.807, 2.05) is 18.2 Å². The molecule has 0 aromatic heterocycles. The molecule has 1 heterocycles. The monoisotopic (exact) mass is 395 g/mol. The highest BCUT2D eigenvalue weighted by Crippen LogP contribution is 2.41. The summed E-state index contributed by atoms with van der Waals surface area (Å²) in [5.41, 5.74) is 9.76. The fraction of sp³-hybridized carbons (Fsp3) is 0.250. The lowest BCUT2D eigenvalue weighted by atomic mass is 9.93. The van der Waals surface area contributed by atoms with Crippen LogP contribution >= 0.6 is 31.9 Å². The number of hydrogen-bond donors (Lipinski definition) is 1. The van der Waals surface area contributed by atoms with E-state index in [0.29, 0.717) is 0 Å². The minimum Gasteiger partial charge on any atom is -0.485 e. The first-order valence-electron chi connectivity index (χ1n) is 6.52. The molecule has 0 spiro atoms. The zero-order chi connectivity index (χ0) is 14.3. The van der Waals surface area contributed by atoms with Gasteiger partial charge in [0.05, 0.1) is 0 Å². The average molecular weight is 397 g/mol. The van der Waals surface area contributed by atoms with Crippen LogP contribution in [0.15, 0.2) is 45.3 Å². The van der Waals surface area contributed by atoms with Gasteiger partial charge in [0.15, 0.2) is 0 Å². The second-order valence-electron chi connectivity index (χ2n) is 5.14. The summed E-state index contributed by atoms with van der Waals surface area (Å²) < 4.78 is 8.27. The molecule has 2 aromatic carbocycles. The summed E-state index contributed by atoms with van der Waals surface area (Å²) >= 11 is 7.01. The third kappa shape index (κ3) is 2.65. The molecule has 1 unspecified atom stereocenters. The highest BCUT2D eigenvalue weighted by atomic mass is 79.9. The van der Waals surface area contributed by atoms with E-state index in [-0.39, 0.29) is 12.1 Å². The van der Waals surface area contributed by atoms with Crippen LogP contribution in [0.5, 0.6) is 5.75 Å². The number of benzene rings is 2. The summed E-state index contributed by atoms with van der Waals surface area (Å²) in [5.74, 6) is 0.887. The predicted molar refractivity (Wildman–Crippen MR) is 87.9 cm³/mol. The van der Waals surface area contributed by atoms with E-state index < -0.39 is 0 Å². The molecule has 0 fully saturated rings. The number of aryl methyl sites for hydroxylation is 1. The van der Waals surface area contributed by atoms with Gasteiger partial charge < -0.3 is 10.5 Å². The quantitative estimate of drug-likeness (QED) is 0.732. The van der Waals surface area contributed by atoms with E-state index in [9.17, 15) is 0 Å². The van der Waals surface area contributed by atoms with Crippen molar-refractivity contribution in [2.75, 3.05) is 0 Å². The maximum absolute atomic E-state index is 6.30.